The SMILES string of the molecule is CNC(=O)C(O)(C1CCCC1)C(c1ccccc1)C1CCNC1. The maximum Gasteiger partial charge on any atom is 0.252 e. The summed E-state index contributed by atoms with van der Waals surface area (Å²) in [7, 11) is 1.64. The molecular formula is C19H28N2O2. The van der Waals surface area contributed by atoms with Gasteiger partial charge in [-0.05, 0) is 49.8 Å². The van der Waals surface area contributed by atoms with Crippen LogP contribution in [0.1, 0.15) is 43.6 Å². The van der Waals surface area contributed by atoms with Crippen LogP contribution in [0.2, 0.25) is 0 Å². The molecule has 2 aliphatic rings. The zero-order valence-corrected chi connectivity index (χ0v) is 13.9. The van der Waals surface area contributed by atoms with Gasteiger partial charge in [-0.25, -0.2) is 0 Å². The first kappa shape index (κ1) is 16.5. The van der Waals surface area contributed by atoms with Crippen LogP contribution in [0.3, 0.4) is 0 Å². The average Bonchev–Trinajstić information content (AvgIpc) is 3.29. The standard InChI is InChI=1S/C19H28N2O2/c1-20-18(22)19(23,16-9-5-6-10-16)17(15-11-12-21-13-15)14-7-3-2-4-8-14/h2-4,7-8,15-17,21,23H,5-6,9-13H2,1H3,(H,20,22). The van der Waals surface area contributed by atoms with E-state index >= 15 is 0 Å². The lowest BCUT2D eigenvalue weighted by Gasteiger charge is -2.42. The number of benzene rings is 1. The Morgan fingerprint density at radius 1 is 1.26 bits per heavy atom. The van der Waals surface area contributed by atoms with E-state index in [0.29, 0.717) is 5.92 Å². The number of aliphatic hydroxyl groups is 1. The lowest BCUT2D eigenvalue weighted by molar-refractivity contribution is -0.151. The van der Waals surface area contributed by atoms with E-state index in [9.17, 15) is 9.90 Å². The molecule has 1 aromatic carbocycles. The van der Waals surface area contributed by atoms with Crippen LogP contribution in [0, 0.1) is 11.8 Å². The highest BCUT2D eigenvalue weighted by Gasteiger charge is 2.53. The monoisotopic (exact) mass is 316 g/mol. The maximum atomic E-state index is 12.8. The maximum absolute atomic E-state index is 12.8. The average molecular weight is 316 g/mol. The molecule has 0 spiro atoms. The second-order valence-corrected chi connectivity index (χ2v) is 7.03. The van der Waals surface area contributed by atoms with E-state index in [4.69, 9.17) is 0 Å². The number of carbonyl (C=O) groups excluding carboxylic acids is 1. The largest absolute Gasteiger partial charge is 0.379 e. The molecule has 1 aromatic rings. The van der Waals surface area contributed by atoms with Crippen LogP contribution in [0.4, 0.5) is 0 Å². The summed E-state index contributed by atoms with van der Waals surface area (Å²) in [5, 5.41) is 17.9. The number of likely N-dealkylation sites (N-methyl/N-ethyl adjacent to an activating group) is 1. The van der Waals surface area contributed by atoms with Gasteiger partial charge in [0.1, 0.15) is 0 Å². The van der Waals surface area contributed by atoms with Gasteiger partial charge in [0.15, 0.2) is 5.60 Å². The fourth-order valence-electron chi connectivity index (χ4n) is 4.65. The predicted octanol–water partition coefficient (Wildman–Crippen LogP) is 2.05. The van der Waals surface area contributed by atoms with Crippen molar-refractivity contribution in [1.82, 2.24) is 10.6 Å². The van der Waals surface area contributed by atoms with Crippen molar-refractivity contribution in [2.24, 2.45) is 11.8 Å². The first-order chi connectivity index (χ1) is 11.2. The van der Waals surface area contributed by atoms with Gasteiger partial charge in [0.05, 0.1) is 0 Å². The molecule has 1 aliphatic carbocycles. The van der Waals surface area contributed by atoms with Gasteiger partial charge < -0.3 is 15.7 Å². The van der Waals surface area contributed by atoms with Gasteiger partial charge in [-0.3, -0.25) is 4.79 Å². The molecule has 1 saturated carbocycles. The molecule has 3 N–H and O–H groups in total. The van der Waals surface area contributed by atoms with Crippen LogP contribution in [-0.4, -0.2) is 36.8 Å². The number of hydrogen-bond donors (Lipinski definition) is 3. The number of rotatable bonds is 5. The molecule has 0 aromatic heterocycles. The topological polar surface area (TPSA) is 61.4 Å². The molecule has 126 valence electrons. The Hall–Kier alpha value is -1.39. The number of hydrogen-bond acceptors (Lipinski definition) is 3. The molecule has 4 heteroatoms. The fourth-order valence-corrected chi connectivity index (χ4v) is 4.65. The predicted molar refractivity (Wildman–Crippen MR) is 91.1 cm³/mol. The summed E-state index contributed by atoms with van der Waals surface area (Å²) in [4.78, 5) is 12.8. The Balaban J connectivity index is 2.04. The summed E-state index contributed by atoms with van der Waals surface area (Å²) in [5.41, 5.74) is -0.234. The molecule has 4 nitrogen and oxygen atoms in total. The fraction of sp³-hybridized carbons (Fsp3) is 0.632. The van der Waals surface area contributed by atoms with E-state index in [-0.39, 0.29) is 17.7 Å². The zero-order valence-electron chi connectivity index (χ0n) is 13.9. The van der Waals surface area contributed by atoms with Crippen molar-refractivity contribution in [1.29, 1.82) is 0 Å². The van der Waals surface area contributed by atoms with Gasteiger partial charge in [-0.2, -0.15) is 0 Å². The van der Waals surface area contributed by atoms with Crippen molar-refractivity contribution in [3.8, 4) is 0 Å². The third kappa shape index (κ3) is 3.02. The number of amides is 1. The molecule has 1 amide bonds. The van der Waals surface area contributed by atoms with Gasteiger partial charge in [-0.1, -0.05) is 43.2 Å². The highest BCUT2D eigenvalue weighted by molar-refractivity contribution is 5.86. The molecule has 1 saturated heterocycles. The van der Waals surface area contributed by atoms with E-state index in [1.165, 1.54) is 0 Å². The van der Waals surface area contributed by atoms with Crippen LogP contribution in [-0.2, 0) is 4.79 Å². The highest BCUT2D eigenvalue weighted by atomic mass is 16.3. The Bertz CT molecular complexity index is 521. The molecule has 2 fully saturated rings. The van der Waals surface area contributed by atoms with Gasteiger partial charge in [0, 0.05) is 13.0 Å². The van der Waals surface area contributed by atoms with Crippen molar-refractivity contribution < 1.29 is 9.90 Å². The normalized spacial score (nSPS) is 25.9. The second-order valence-electron chi connectivity index (χ2n) is 7.03. The first-order valence-corrected chi connectivity index (χ1v) is 8.88. The van der Waals surface area contributed by atoms with Crippen molar-refractivity contribution >= 4 is 5.91 Å². The molecule has 0 radical (unpaired) electrons. The lowest BCUT2D eigenvalue weighted by Crippen LogP contribution is -2.56. The third-order valence-electron chi connectivity index (χ3n) is 5.77. The van der Waals surface area contributed by atoms with Crippen LogP contribution in [0.25, 0.3) is 0 Å². The minimum absolute atomic E-state index is 0.0493. The minimum Gasteiger partial charge on any atom is -0.379 e. The second kappa shape index (κ2) is 7.02. The molecule has 1 heterocycles. The van der Waals surface area contributed by atoms with Crippen molar-refractivity contribution in [2.75, 3.05) is 20.1 Å². The third-order valence-corrected chi connectivity index (χ3v) is 5.77. The van der Waals surface area contributed by atoms with Crippen molar-refractivity contribution in [2.45, 2.75) is 43.6 Å². The highest BCUT2D eigenvalue weighted by Crippen LogP contribution is 2.47. The van der Waals surface area contributed by atoms with Gasteiger partial charge >= 0.3 is 0 Å². The van der Waals surface area contributed by atoms with E-state index in [0.717, 1.165) is 50.8 Å². The van der Waals surface area contributed by atoms with Crippen molar-refractivity contribution in [3.63, 3.8) is 0 Å². The van der Waals surface area contributed by atoms with Crippen molar-refractivity contribution in [3.05, 3.63) is 35.9 Å². The summed E-state index contributed by atoms with van der Waals surface area (Å²) in [6, 6.07) is 10.1. The van der Waals surface area contributed by atoms with Crippen LogP contribution < -0.4 is 10.6 Å². The molecule has 3 unspecified atom stereocenters. The van der Waals surface area contributed by atoms with Crippen LogP contribution in [0.5, 0.6) is 0 Å². The van der Waals surface area contributed by atoms with Gasteiger partial charge in [0.25, 0.3) is 5.91 Å². The Kier molecular flexibility index (Phi) is 5.02. The smallest absolute Gasteiger partial charge is 0.252 e. The van der Waals surface area contributed by atoms with Crippen LogP contribution in [0.15, 0.2) is 30.3 Å². The Morgan fingerprint density at radius 2 is 1.96 bits per heavy atom. The van der Waals surface area contributed by atoms with Crippen LogP contribution >= 0.6 is 0 Å². The van der Waals surface area contributed by atoms with E-state index in [1.54, 1.807) is 7.05 Å². The molecule has 3 rings (SSSR count). The number of nitrogens with one attached hydrogen (secondary N) is 2. The van der Waals surface area contributed by atoms with E-state index in [1.807, 2.05) is 18.2 Å². The lowest BCUT2D eigenvalue weighted by atomic mass is 9.66. The molecule has 0 bridgehead atoms. The summed E-state index contributed by atoms with van der Waals surface area (Å²) >= 11 is 0. The summed E-state index contributed by atoms with van der Waals surface area (Å²) in [6.45, 7) is 1.83. The molecular weight excluding hydrogens is 288 g/mol. The molecule has 23 heavy (non-hydrogen) atoms. The summed E-state index contributed by atoms with van der Waals surface area (Å²) in [6.07, 6.45) is 5.09. The zero-order chi connectivity index (χ0) is 16.3. The molecule has 3 atom stereocenters. The molecule has 1 aliphatic heterocycles. The van der Waals surface area contributed by atoms with E-state index < -0.39 is 5.60 Å². The van der Waals surface area contributed by atoms with Gasteiger partial charge in [0.2, 0.25) is 0 Å². The Morgan fingerprint density at radius 3 is 2.52 bits per heavy atom. The summed E-state index contributed by atoms with van der Waals surface area (Å²) in [5.74, 6) is -0.0274. The quantitative estimate of drug-likeness (QED) is 0.779. The Labute approximate surface area is 138 Å². The number of carbonyl (C=O) groups is 1. The summed E-state index contributed by atoms with van der Waals surface area (Å²) < 4.78 is 0. The van der Waals surface area contributed by atoms with Gasteiger partial charge in [-0.15, -0.1) is 0 Å². The van der Waals surface area contributed by atoms with E-state index in [2.05, 4.69) is 22.8 Å². The minimum atomic E-state index is -1.32. The first-order valence-electron chi connectivity index (χ1n) is 8.88.